The van der Waals surface area contributed by atoms with Crippen LogP contribution < -0.4 is 10.6 Å². The predicted octanol–water partition coefficient (Wildman–Crippen LogP) is 0.241. The highest BCUT2D eigenvalue weighted by atomic mass is 16.2. The molecule has 8 heteroatoms. The summed E-state index contributed by atoms with van der Waals surface area (Å²) >= 11 is 0. The summed E-state index contributed by atoms with van der Waals surface area (Å²) in [5.41, 5.74) is 0. The van der Waals surface area contributed by atoms with E-state index in [1.165, 1.54) is 6.42 Å². The van der Waals surface area contributed by atoms with E-state index in [1.807, 2.05) is 16.7 Å². The molecule has 2 heterocycles. The molecule has 1 atom stereocenters. The summed E-state index contributed by atoms with van der Waals surface area (Å²) in [6.45, 7) is 9.19. The Morgan fingerprint density at radius 1 is 0.962 bits per heavy atom. The van der Waals surface area contributed by atoms with E-state index in [-0.39, 0.29) is 18.4 Å². The van der Waals surface area contributed by atoms with Crippen LogP contribution in [-0.2, 0) is 9.59 Å². The second-order valence-electron chi connectivity index (χ2n) is 7.29. The smallest absolute Gasteiger partial charge is 0.321 e. The molecule has 0 aromatic rings. The number of rotatable bonds is 6. The number of nitrogens with zero attached hydrogens (tertiary/aromatic N) is 3. The van der Waals surface area contributed by atoms with E-state index in [9.17, 15) is 14.4 Å². The third-order valence-electron chi connectivity index (χ3n) is 5.10. The van der Waals surface area contributed by atoms with E-state index in [1.54, 1.807) is 0 Å². The summed E-state index contributed by atoms with van der Waals surface area (Å²) in [6, 6.07) is -0.0863. The second kappa shape index (κ2) is 10.5. The molecule has 0 aromatic heterocycles. The van der Waals surface area contributed by atoms with Gasteiger partial charge in [-0.2, -0.15) is 0 Å². The van der Waals surface area contributed by atoms with Crippen LogP contribution in [0.2, 0.25) is 0 Å². The Balaban J connectivity index is 1.66. The molecule has 8 nitrogen and oxygen atoms in total. The molecule has 0 spiro atoms. The summed E-state index contributed by atoms with van der Waals surface area (Å²) < 4.78 is 0. The van der Waals surface area contributed by atoms with Crippen LogP contribution in [0.1, 0.15) is 39.5 Å². The van der Waals surface area contributed by atoms with Crippen LogP contribution >= 0.6 is 0 Å². The molecule has 4 amide bonds. The summed E-state index contributed by atoms with van der Waals surface area (Å²) in [7, 11) is 0. The van der Waals surface area contributed by atoms with Gasteiger partial charge in [0.1, 0.15) is 0 Å². The standard InChI is InChI=1S/C18H33N5O3/c1-3-7-19-18(26)20-16(24)13-21-9-11-22(12-10-21)14-17(25)23-8-5-4-6-15(23)2/h15H,3-14H2,1-2H3,(H2,19,20,24,26)/t15-/m1/s1. The van der Waals surface area contributed by atoms with Crippen molar-refractivity contribution in [2.45, 2.75) is 45.6 Å². The van der Waals surface area contributed by atoms with Crippen molar-refractivity contribution in [1.29, 1.82) is 0 Å². The van der Waals surface area contributed by atoms with E-state index in [0.717, 1.165) is 52.0 Å². The fourth-order valence-electron chi connectivity index (χ4n) is 3.51. The number of hydrogen-bond donors (Lipinski definition) is 2. The summed E-state index contributed by atoms with van der Waals surface area (Å²) in [5.74, 6) is -0.0683. The monoisotopic (exact) mass is 367 g/mol. The summed E-state index contributed by atoms with van der Waals surface area (Å²) in [4.78, 5) is 42.1. The molecule has 0 saturated carbocycles. The van der Waals surface area contributed by atoms with Gasteiger partial charge in [0.2, 0.25) is 11.8 Å². The maximum absolute atomic E-state index is 12.5. The lowest BCUT2D eigenvalue weighted by atomic mass is 10.0. The number of likely N-dealkylation sites (tertiary alicyclic amines) is 1. The van der Waals surface area contributed by atoms with Crippen molar-refractivity contribution < 1.29 is 14.4 Å². The number of hydrogen-bond acceptors (Lipinski definition) is 5. The lowest BCUT2D eigenvalue weighted by Gasteiger charge is -2.37. The van der Waals surface area contributed by atoms with Crippen molar-refractivity contribution in [3.8, 4) is 0 Å². The zero-order valence-corrected chi connectivity index (χ0v) is 16.1. The van der Waals surface area contributed by atoms with Gasteiger partial charge in [-0.1, -0.05) is 6.92 Å². The number of imide groups is 1. The molecule has 0 aromatic carbocycles. The molecule has 148 valence electrons. The average Bonchev–Trinajstić information content (AvgIpc) is 2.61. The van der Waals surface area contributed by atoms with Crippen molar-refractivity contribution in [1.82, 2.24) is 25.3 Å². The molecule has 2 saturated heterocycles. The van der Waals surface area contributed by atoms with Gasteiger partial charge >= 0.3 is 6.03 Å². The Kier molecular flexibility index (Phi) is 8.31. The number of nitrogens with one attached hydrogen (secondary N) is 2. The van der Waals surface area contributed by atoms with Gasteiger partial charge in [-0.3, -0.25) is 24.7 Å². The van der Waals surface area contributed by atoms with Gasteiger partial charge in [0.05, 0.1) is 13.1 Å². The first-order valence-electron chi connectivity index (χ1n) is 9.81. The minimum atomic E-state index is -0.434. The van der Waals surface area contributed by atoms with Gasteiger partial charge < -0.3 is 10.2 Å². The first kappa shape index (κ1) is 20.6. The predicted molar refractivity (Wildman–Crippen MR) is 99.7 cm³/mol. The lowest BCUT2D eigenvalue weighted by molar-refractivity contribution is -0.136. The van der Waals surface area contributed by atoms with Gasteiger partial charge in [-0.05, 0) is 32.6 Å². The molecular weight excluding hydrogens is 334 g/mol. The molecule has 2 rings (SSSR count). The highest BCUT2D eigenvalue weighted by Crippen LogP contribution is 2.16. The Hall–Kier alpha value is -1.67. The van der Waals surface area contributed by atoms with E-state index in [2.05, 4.69) is 22.5 Å². The molecule has 2 aliphatic rings. The van der Waals surface area contributed by atoms with Gasteiger partial charge in [-0.25, -0.2) is 4.79 Å². The first-order chi connectivity index (χ1) is 12.5. The third-order valence-corrected chi connectivity index (χ3v) is 5.10. The molecule has 26 heavy (non-hydrogen) atoms. The van der Waals surface area contributed by atoms with Gasteiger partial charge in [-0.15, -0.1) is 0 Å². The summed E-state index contributed by atoms with van der Waals surface area (Å²) in [5, 5.41) is 4.97. The first-order valence-corrected chi connectivity index (χ1v) is 9.81. The van der Waals surface area contributed by atoms with E-state index in [4.69, 9.17) is 0 Å². The van der Waals surface area contributed by atoms with Crippen molar-refractivity contribution >= 4 is 17.8 Å². The Morgan fingerprint density at radius 3 is 2.23 bits per heavy atom. The van der Waals surface area contributed by atoms with Crippen LogP contribution in [0.25, 0.3) is 0 Å². The van der Waals surface area contributed by atoms with Crippen LogP contribution in [0.4, 0.5) is 4.79 Å². The van der Waals surface area contributed by atoms with Crippen molar-refractivity contribution in [2.75, 3.05) is 52.4 Å². The van der Waals surface area contributed by atoms with Crippen LogP contribution in [0.5, 0.6) is 0 Å². The number of urea groups is 1. The highest BCUT2D eigenvalue weighted by Gasteiger charge is 2.26. The normalized spacial score (nSPS) is 22.1. The van der Waals surface area contributed by atoms with Crippen molar-refractivity contribution in [2.24, 2.45) is 0 Å². The van der Waals surface area contributed by atoms with Crippen LogP contribution in [0, 0.1) is 0 Å². The Labute approximate surface area is 156 Å². The van der Waals surface area contributed by atoms with Gasteiger partial charge in [0.15, 0.2) is 0 Å². The van der Waals surface area contributed by atoms with Gasteiger partial charge in [0.25, 0.3) is 0 Å². The van der Waals surface area contributed by atoms with Crippen LogP contribution in [0.3, 0.4) is 0 Å². The molecule has 0 bridgehead atoms. The maximum atomic E-state index is 12.5. The number of amides is 4. The van der Waals surface area contributed by atoms with Crippen molar-refractivity contribution in [3.63, 3.8) is 0 Å². The zero-order chi connectivity index (χ0) is 18.9. The van der Waals surface area contributed by atoms with E-state index in [0.29, 0.717) is 19.1 Å². The van der Waals surface area contributed by atoms with E-state index < -0.39 is 6.03 Å². The maximum Gasteiger partial charge on any atom is 0.321 e. The lowest BCUT2D eigenvalue weighted by Crippen LogP contribution is -2.54. The van der Waals surface area contributed by atoms with Crippen molar-refractivity contribution in [3.05, 3.63) is 0 Å². The molecule has 0 aliphatic carbocycles. The third kappa shape index (κ3) is 6.57. The molecule has 2 aliphatic heterocycles. The number of carbonyl (C=O) groups excluding carboxylic acids is 3. The SMILES string of the molecule is CCCNC(=O)NC(=O)CN1CCN(CC(=O)N2CCCC[C@H]2C)CC1. The molecule has 0 radical (unpaired) electrons. The summed E-state index contributed by atoms with van der Waals surface area (Å²) in [6.07, 6.45) is 4.24. The Bertz CT molecular complexity index is 491. The minimum Gasteiger partial charge on any atom is -0.339 e. The second-order valence-corrected chi connectivity index (χ2v) is 7.29. The fourth-order valence-corrected chi connectivity index (χ4v) is 3.51. The topological polar surface area (TPSA) is 85.0 Å². The highest BCUT2D eigenvalue weighted by molar-refractivity contribution is 5.95. The average molecular weight is 367 g/mol. The van der Waals surface area contributed by atoms with Crippen LogP contribution in [-0.4, -0.2) is 90.9 Å². The quantitative estimate of drug-likeness (QED) is 0.703. The number of carbonyl (C=O) groups is 3. The zero-order valence-electron chi connectivity index (χ0n) is 16.1. The van der Waals surface area contributed by atoms with Gasteiger partial charge in [0, 0.05) is 45.3 Å². The molecule has 2 N–H and O–H groups in total. The molecule has 2 fully saturated rings. The fraction of sp³-hybridized carbons (Fsp3) is 0.833. The van der Waals surface area contributed by atoms with Crippen LogP contribution in [0.15, 0.2) is 0 Å². The number of piperazine rings is 1. The minimum absolute atomic E-state index is 0.213. The van der Waals surface area contributed by atoms with E-state index >= 15 is 0 Å². The largest absolute Gasteiger partial charge is 0.339 e. The Morgan fingerprint density at radius 2 is 1.62 bits per heavy atom. The molecule has 0 unspecified atom stereocenters. The number of piperidine rings is 1. The molecular formula is C18H33N5O3.